The molecule has 2 aromatic heterocycles. The summed E-state index contributed by atoms with van der Waals surface area (Å²) in [5.41, 5.74) is 7.69. The van der Waals surface area contributed by atoms with Gasteiger partial charge in [0.1, 0.15) is 23.2 Å². The van der Waals surface area contributed by atoms with Gasteiger partial charge in [-0.1, -0.05) is 42.0 Å². The third kappa shape index (κ3) is 10.0. The molecular formula is C41H39N4O5S+. The molecule has 2 heterocycles. The van der Waals surface area contributed by atoms with Crippen LogP contribution in [0.1, 0.15) is 40.1 Å². The standard InChI is InChI=1S/C34H30N4O2.C7H8O3S/c1-3-37-21-17-27(18-22-37)25-9-13-31(14-10-25)35-33(39)29-5-7-30(8-6-29)34(40)36-32-15-11-26(12-16-32)28-19-23-38(4-2)24-20-28;1-6-2-4-7(5-3-6)11(8,9)10/h5-24H,3-4H2,1-2H3;2-5H,1H3,(H,8,9,10)/p+1. The van der Waals surface area contributed by atoms with Gasteiger partial charge in [-0.05, 0) is 104 Å². The van der Waals surface area contributed by atoms with Crippen molar-refractivity contribution in [1.82, 2.24) is 0 Å². The normalized spacial score (nSPS) is 10.8. The SMILES string of the molecule is CC[n+]1ccc(-c2ccc(NC(=O)c3ccc(C(=O)Nc4ccc(-c5cc[n+](CC)cc5)cc4)cc3)cc2)cc1.Cc1ccc(S(=O)(=O)[O-])cc1. The third-order valence-corrected chi connectivity index (χ3v) is 9.03. The second-order valence-corrected chi connectivity index (χ2v) is 13.1. The zero-order valence-corrected chi connectivity index (χ0v) is 29.4. The number of nitrogens with zero attached hydrogens (tertiary/aromatic N) is 2. The third-order valence-electron chi connectivity index (χ3n) is 8.18. The lowest BCUT2D eigenvalue weighted by molar-refractivity contribution is -0.693. The number of hydrogen-bond donors (Lipinski definition) is 2. The molecule has 0 spiro atoms. The van der Waals surface area contributed by atoms with Crippen LogP contribution in [0.15, 0.2) is 151 Å². The summed E-state index contributed by atoms with van der Waals surface area (Å²) in [4.78, 5) is 25.4. The van der Waals surface area contributed by atoms with Gasteiger partial charge in [-0.25, -0.2) is 17.6 Å². The molecule has 2 amide bonds. The number of amides is 2. The summed E-state index contributed by atoms with van der Waals surface area (Å²) in [5.74, 6) is -0.464. The van der Waals surface area contributed by atoms with Crippen molar-refractivity contribution in [3.63, 3.8) is 0 Å². The van der Waals surface area contributed by atoms with Crippen LogP contribution in [0.25, 0.3) is 22.3 Å². The fourth-order valence-corrected chi connectivity index (χ4v) is 5.57. The Morgan fingerprint density at radius 3 is 1.18 bits per heavy atom. The number of rotatable bonds is 9. The number of pyridine rings is 2. The molecular weight excluding hydrogens is 661 g/mol. The summed E-state index contributed by atoms with van der Waals surface area (Å²) in [5, 5.41) is 5.85. The Balaban J connectivity index is 0.000000392. The molecule has 0 aliphatic carbocycles. The van der Waals surface area contributed by atoms with E-state index in [1.54, 1.807) is 36.4 Å². The second kappa shape index (κ2) is 16.6. The molecule has 0 saturated carbocycles. The molecule has 6 aromatic rings. The predicted octanol–water partition coefficient (Wildman–Crippen LogP) is 7.04. The molecule has 0 aliphatic rings. The van der Waals surface area contributed by atoms with Crippen molar-refractivity contribution >= 4 is 33.3 Å². The first-order chi connectivity index (χ1) is 24.5. The molecule has 0 atom stereocenters. The number of anilines is 2. The molecule has 0 fully saturated rings. The van der Waals surface area contributed by atoms with Gasteiger partial charge in [0.15, 0.2) is 24.8 Å². The maximum Gasteiger partial charge on any atom is 0.255 e. The summed E-state index contributed by atoms with van der Waals surface area (Å²) in [6.07, 6.45) is 8.21. The van der Waals surface area contributed by atoms with Gasteiger partial charge in [-0.2, -0.15) is 0 Å². The van der Waals surface area contributed by atoms with Crippen LogP contribution in [0.4, 0.5) is 11.4 Å². The van der Waals surface area contributed by atoms with Crippen LogP contribution in [0.5, 0.6) is 0 Å². The molecule has 2 N–H and O–H groups in total. The summed E-state index contributed by atoms with van der Waals surface area (Å²) < 4.78 is 35.4. The minimum atomic E-state index is -4.27. The maximum atomic E-state index is 12.8. The van der Waals surface area contributed by atoms with Gasteiger partial charge >= 0.3 is 0 Å². The lowest BCUT2D eigenvalue weighted by atomic mass is 10.1. The highest BCUT2D eigenvalue weighted by Crippen LogP contribution is 2.22. The number of aryl methyl sites for hydroxylation is 3. The average Bonchev–Trinajstić information content (AvgIpc) is 3.15. The quantitative estimate of drug-likeness (QED) is 0.124. The van der Waals surface area contributed by atoms with Crippen molar-refractivity contribution in [2.45, 2.75) is 38.8 Å². The van der Waals surface area contributed by atoms with Gasteiger partial charge in [0.2, 0.25) is 0 Å². The Hall–Kier alpha value is -5.97. The molecule has 0 unspecified atom stereocenters. The van der Waals surface area contributed by atoms with Crippen LogP contribution >= 0.6 is 0 Å². The lowest BCUT2D eigenvalue weighted by Crippen LogP contribution is -2.30. The van der Waals surface area contributed by atoms with E-state index < -0.39 is 10.1 Å². The molecule has 258 valence electrons. The Kier molecular flexibility index (Phi) is 11.8. The van der Waals surface area contributed by atoms with Crippen molar-refractivity contribution in [2.75, 3.05) is 10.6 Å². The van der Waals surface area contributed by atoms with Gasteiger partial charge < -0.3 is 15.2 Å². The van der Waals surface area contributed by atoms with Crippen molar-refractivity contribution in [3.8, 4) is 22.3 Å². The van der Waals surface area contributed by atoms with Crippen LogP contribution in [-0.2, 0) is 23.2 Å². The van der Waals surface area contributed by atoms with E-state index in [1.165, 1.54) is 12.1 Å². The summed E-state index contributed by atoms with van der Waals surface area (Å²) in [7, 11) is -4.27. The van der Waals surface area contributed by atoms with Gasteiger partial charge in [-0.15, -0.1) is 0 Å². The topological polar surface area (TPSA) is 123 Å². The Morgan fingerprint density at radius 2 is 0.863 bits per heavy atom. The average molecular weight is 700 g/mol. The number of benzene rings is 4. The van der Waals surface area contributed by atoms with Crippen LogP contribution in [0.2, 0.25) is 0 Å². The fraction of sp³-hybridized carbons (Fsp3) is 0.122. The zero-order valence-electron chi connectivity index (χ0n) is 28.6. The van der Waals surface area contributed by atoms with E-state index in [2.05, 4.69) is 82.7 Å². The molecule has 0 radical (unpaired) electrons. The first-order valence-electron chi connectivity index (χ1n) is 16.5. The van der Waals surface area contributed by atoms with Crippen molar-refractivity contribution in [2.24, 2.45) is 0 Å². The zero-order chi connectivity index (χ0) is 36.4. The summed E-state index contributed by atoms with van der Waals surface area (Å²) in [6, 6.07) is 36.2. The highest BCUT2D eigenvalue weighted by Gasteiger charge is 2.11. The number of hydrogen-bond acceptors (Lipinski definition) is 5. The number of nitrogens with one attached hydrogen (secondary N) is 2. The van der Waals surface area contributed by atoms with Crippen LogP contribution < -0.4 is 19.8 Å². The number of carbonyl (C=O) groups is 2. The number of carbonyl (C=O) groups excluding carboxylic acids is 2. The molecule has 10 heteroatoms. The molecule has 0 bridgehead atoms. The van der Waals surface area contributed by atoms with Crippen LogP contribution in [0.3, 0.4) is 0 Å². The molecule has 4 aromatic carbocycles. The van der Waals surface area contributed by atoms with E-state index in [-0.39, 0.29) is 16.7 Å². The minimum Gasteiger partial charge on any atom is -0.744 e. The van der Waals surface area contributed by atoms with Crippen molar-refractivity contribution < 1.29 is 31.7 Å². The Bertz CT molecular complexity index is 2060. The smallest absolute Gasteiger partial charge is 0.255 e. The van der Waals surface area contributed by atoms with E-state index in [1.807, 2.05) is 55.5 Å². The molecule has 9 nitrogen and oxygen atoms in total. The molecule has 6 rings (SSSR count). The molecule has 0 aliphatic heterocycles. The van der Waals surface area contributed by atoms with E-state index in [9.17, 15) is 22.6 Å². The first kappa shape index (κ1) is 36.3. The lowest BCUT2D eigenvalue weighted by Gasteiger charge is -2.09. The van der Waals surface area contributed by atoms with E-state index in [4.69, 9.17) is 0 Å². The van der Waals surface area contributed by atoms with Crippen LogP contribution in [0, 0.1) is 6.92 Å². The van der Waals surface area contributed by atoms with Gasteiger partial charge in [0.25, 0.3) is 11.8 Å². The van der Waals surface area contributed by atoms with E-state index >= 15 is 0 Å². The van der Waals surface area contributed by atoms with Gasteiger partial charge in [0, 0.05) is 46.8 Å². The second-order valence-electron chi connectivity index (χ2n) is 11.7. The summed E-state index contributed by atoms with van der Waals surface area (Å²) in [6.45, 7) is 7.89. The van der Waals surface area contributed by atoms with Gasteiger partial charge in [0.05, 0.1) is 4.90 Å². The number of aromatic nitrogens is 2. The first-order valence-corrected chi connectivity index (χ1v) is 17.9. The summed E-state index contributed by atoms with van der Waals surface area (Å²) >= 11 is 0. The maximum absolute atomic E-state index is 12.8. The van der Waals surface area contributed by atoms with E-state index in [0.29, 0.717) is 22.5 Å². The monoisotopic (exact) mass is 699 g/mol. The molecule has 51 heavy (non-hydrogen) atoms. The van der Waals surface area contributed by atoms with Crippen LogP contribution in [-0.4, -0.2) is 24.8 Å². The van der Waals surface area contributed by atoms with Crippen molar-refractivity contribution in [3.05, 3.63) is 163 Å². The minimum absolute atomic E-state index is 0.178. The molecule has 0 saturated heterocycles. The Morgan fingerprint density at radius 1 is 0.529 bits per heavy atom. The highest BCUT2D eigenvalue weighted by molar-refractivity contribution is 7.85. The van der Waals surface area contributed by atoms with E-state index in [0.717, 1.165) is 40.9 Å². The highest BCUT2D eigenvalue weighted by atomic mass is 32.2. The fourth-order valence-electron chi connectivity index (χ4n) is 5.10. The predicted molar refractivity (Wildman–Crippen MR) is 197 cm³/mol. The Labute approximate surface area is 298 Å². The largest absolute Gasteiger partial charge is 0.744 e. The van der Waals surface area contributed by atoms with Crippen molar-refractivity contribution in [1.29, 1.82) is 0 Å². The van der Waals surface area contributed by atoms with Gasteiger partial charge in [-0.3, -0.25) is 9.59 Å².